The number of nitrogens with zero attached hydrogens (tertiary/aromatic N) is 2. The Morgan fingerprint density at radius 1 is 0.698 bits per heavy atom. The predicted octanol–water partition coefficient (Wildman–Crippen LogP) is 9.87. The average molecular weight is 850 g/mol. The van der Waals surface area contributed by atoms with Gasteiger partial charge in [0.05, 0.1) is 20.8 Å². The molecule has 0 saturated heterocycles. The predicted molar refractivity (Wildman–Crippen MR) is 123 cm³/mol. The van der Waals surface area contributed by atoms with Gasteiger partial charge in [0.2, 0.25) is 17.4 Å². The van der Waals surface area contributed by atoms with E-state index in [1.165, 1.54) is 0 Å². The zero-order valence-electron chi connectivity index (χ0n) is 23.9. The quantitative estimate of drug-likeness (QED) is 0.0403. The van der Waals surface area contributed by atoms with E-state index in [2.05, 4.69) is 9.47 Å². The summed E-state index contributed by atoms with van der Waals surface area (Å²) in [4.78, 5) is 30.1. The largest absolute Gasteiger partial charge is 0.514 e. The summed E-state index contributed by atoms with van der Waals surface area (Å²) in [6.07, 6.45) is -7.97. The molecule has 0 fully saturated rings. The molecule has 9 nitrogen and oxygen atoms in total. The van der Waals surface area contributed by atoms with E-state index in [1.54, 1.807) is 0 Å². The van der Waals surface area contributed by atoms with Crippen molar-refractivity contribution >= 4 is 29.3 Å². The summed E-state index contributed by atoms with van der Waals surface area (Å²) >= 11 is 0.221. The van der Waals surface area contributed by atoms with E-state index in [-0.39, 0.29) is 17.8 Å². The van der Waals surface area contributed by atoms with Crippen LogP contribution in [-0.2, 0) is 4.74 Å². The van der Waals surface area contributed by atoms with Crippen molar-refractivity contribution in [2.24, 2.45) is 0 Å². The maximum absolute atomic E-state index is 14.1. The Balaban J connectivity index is 3.62. The second-order valence-electron chi connectivity index (χ2n) is 9.43. The lowest BCUT2D eigenvalue weighted by atomic mass is 9.88. The highest BCUT2D eigenvalue weighted by Crippen LogP contribution is 2.64. The van der Waals surface area contributed by atoms with Crippen LogP contribution >= 0.6 is 11.8 Å². The number of nitro groups is 2. The van der Waals surface area contributed by atoms with Gasteiger partial charge in [0.15, 0.2) is 6.61 Å². The van der Waals surface area contributed by atoms with Gasteiger partial charge in [0.25, 0.3) is 5.69 Å². The third-order valence-corrected chi connectivity index (χ3v) is 6.81. The highest BCUT2D eigenvalue weighted by Gasteiger charge is 2.93. The second-order valence-corrected chi connectivity index (χ2v) is 10.3. The fourth-order valence-electron chi connectivity index (χ4n) is 3.14. The van der Waals surface area contributed by atoms with Crippen molar-refractivity contribution in [3.8, 4) is 5.75 Å². The van der Waals surface area contributed by atoms with Crippen molar-refractivity contribution in [1.29, 1.82) is 0 Å². The molecule has 0 unspecified atom stereocenters. The molecule has 32 heteroatoms. The molecule has 53 heavy (non-hydrogen) atoms. The maximum Gasteiger partial charge on any atom is 0.514 e. The van der Waals surface area contributed by atoms with Gasteiger partial charge in [-0.15, -0.1) is 11.8 Å². The molecule has 0 aromatic heterocycles. The fourth-order valence-corrected chi connectivity index (χ4v) is 3.71. The van der Waals surface area contributed by atoms with E-state index in [4.69, 9.17) is 0 Å². The number of alkyl halides is 20. The van der Waals surface area contributed by atoms with Gasteiger partial charge in [-0.25, -0.2) is 22.4 Å². The van der Waals surface area contributed by atoms with Crippen molar-refractivity contribution in [3.63, 3.8) is 0 Å². The Kier molecular flexibility index (Phi) is 12.6. The minimum Gasteiger partial charge on any atom is -0.427 e. The molecule has 1 aromatic rings. The molecule has 0 bridgehead atoms. The van der Waals surface area contributed by atoms with Crippen LogP contribution in [-0.4, -0.2) is 88.6 Å². The van der Waals surface area contributed by atoms with Gasteiger partial charge >= 0.3 is 71.6 Å². The van der Waals surface area contributed by atoms with Crippen molar-refractivity contribution in [2.75, 3.05) is 12.9 Å². The van der Waals surface area contributed by atoms with Crippen LogP contribution in [0.15, 0.2) is 28.7 Å². The zero-order chi connectivity index (χ0) is 42.5. The number of non-ortho nitro benzene ring substituents is 1. The summed E-state index contributed by atoms with van der Waals surface area (Å²) < 4.78 is 306. The van der Waals surface area contributed by atoms with Gasteiger partial charge in [-0.3, -0.25) is 20.2 Å². The summed E-state index contributed by atoms with van der Waals surface area (Å²) in [5.41, 5.74) is -2.74. The lowest BCUT2D eigenvalue weighted by Gasteiger charge is -2.42. The molecule has 1 rings (SSSR count). The first-order valence-corrected chi connectivity index (χ1v) is 13.1. The highest BCUT2D eigenvalue weighted by atomic mass is 32.2. The summed E-state index contributed by atoms with van der Waals surface area (Å²) in [6, 6.07) is 0.374. The van der Waals surface area contributed by atoms with E-state index in [9.17, 15) is 122 Å². The Labute approximate surface area is 278 Å². The van der Waals surface area contributed by atoms with Crippen LogP contribution in [0.3, 0.4) is 0 Å². The molecule has 0 spiro atoms. The third-order valence-electron chi connectivity index (χ3n) is 6.07. The molecule has 0 atom stereocenters. The average Bonchev–Trinajstić information content (AvgIpc) is 3.01. The van der Waals surface area contributed by atoms with E-state index in [0.29, 0.717) is 6.07 Å². The Bertz CT molecular complexity index is 1630. The molecule has 0 saturated carbocycles. The normalized spacial score (nSPS) is 14.9. The number of ether oxygens (including phenoxy) is 2. The van der Waals surface area contributed by atoms with E-state index in [1.807, 2.05) is 0 Å². The lowest BCUT2D eigenvalue weighted by molar-refractivity contribution is -0.440. The molecule has 0 aliphatic rings. The van der Waals surface area contributed by atoms with Crippen LogP contribution in [0, 0.1) is 20.2 Å². The number of allylic oxidation sites excluding steroid dienone is 2. The molecule has 0 aliphatic carbocycles. The van der Waals surface area contributed by atoms with Crippen molar-refractivity contribution in [3.05, 3.63) is 44.0 Å². The van der Waals surface area contributed by atoms with E-state index in [0.717, 1.165) is 6.26 Å². The van der Waals surface area contributed by atoms with Gasteiger partial charge in [-0.05, 0) is 6.26 Å². The van der Waals surface area contributed by atoms with Crippen LogP contribution < -0.4 is 4.74 Å². The first-order valence-electron chi connectivity index (χ1n) is 11.9. The topological polar surface area (TPSA) is 122 Å². The summed E-state index contributed by atoms with van der Waals surface area (Å²) in [6.45, 7) is -3.83. The standard InChI is InChI=1S/C21H8F22N2O7S/c1-53-7-3-5(44(47)48)2-6(45(49)50)8(7)52-12(46)51-4-13(26,27)17(34,35)19(38,39)21(42,43)20(40,41)18(36,37)15(30,31)10(23)9(22)14(28,29)16(32,33)11(24)25/h2-3,11H,4H2,1H3. The van der Waals surface area contributed by atoms with Crippen molar-refractivity contribution in [1.82, 2.24) is 0 Å². The summed E-state index contributed by atoms with van der Waals surface area (Å²) in [5.74, 6) is -88.6. The first kappa shape index (κ1) is 46.9. The smallest absolute Gasteiger partial charge is 0.427 e. The summed E-state index contributed by atoms with van der Waals surface area (Å²) in [7, 11) is 0. The fraction of sp³-hybridized carbons (Fsp3) is 0.571. The number of carbonyl (C=O) groups is 1. The third kappa shape index (κ3) is 7.36. The van der Waals surface area contributed by atoms with E-state index >= 15 is 0 Å². The highest BCUT2D eigenvalue weighted by molar-refractivity contribution is 7.98. The van der Waals surface area contributed by atoms with Crippen molar-refractivity contribution < 1.29 is 121 Å². The van der Waals surface area contributed by atoms with Gasteiger partial charge < -0.3 is 9.47 Å². The monoisotopic (exact) mass is 850 g/mol. The minimum atomic E-state index is -9.20. The molecule has 0 aliphatic heterocycles. The molecular formula is C21H8F22N2O7S. The molecule has 0 radical (unpaired) electrons. The van der Waals surface area contributed by atoms with Gasteiger partial charge in [-0.2, -0.15) is 79.0 Å². The van der Waals surface area contributed by atoms with E-state index < -0.39 is 116 Å². The number of benzene rings is 1. The van der Waals surface area contributed by atoms with Crippen LogP contribution in [0.25, 0.3) is 0 Å². The molecule has 0 N–H and O–H groups in total. The van der Waals surface area contributed by atoms with Crippen LogP contribution in [0.2, 0.25) is 0 Å². The molecule has 0 heterocycles. The second kappa shape index (κ2) is 14.2. The SMILES string of the molecule is CSc1cc([N+](=O)[O-])cc([N+](=O)[O-])c1OC(=O)OCC(F)(F)C(F)(F)C(F)(F)C(F)(F)C(F)(F)C(F)(F)C(F)(F)C(F)=C(F)C(F)(F)C(F)(F)C(F)F. The van der Waals surface area contributed by atoms with Crippen LogP contribution in [0.1, 0.15) is 0 Å². The van der Waals surface area contributed by atoms with Gasteiger partial charge in [-0.1, -0.05) is 0 Å². The Morgan fingerprint density at radius 2 is 1.11 bits per heavy atom. The molecule has 0 amide bonds. The number of thioether (sulfide) groups is 1. The Morgan fingerprint density at radius 3 is 1.51 bits per heavy atom. The summed E-state index contributed by atoms with van der Waals surface area (Å²) in [5, 5.41) is 22.1. The number of hydrogen-bond donors (Lipinski definition) is 0. The lowest BCUT2D eigenvalue weighted by Crippen LogP contribution is -2.73. The number of rotatable bonds is 16. The van der Waals surface area contributed by atoms with Gasteiger partial charge in [0.1, 0.15) is 0 Å². The zero-order valence-corrected chi connectivity index (χ0v) is 24.7. The molecular weight excluding hydrogens is 842 g/mol. The number of hydrogen-bond acceptors (Lipinski definition) is 8. The van der Waals surface area contributed by atoms with Crippen LogP contribution in [0.4, 0.5) is 113 Å². The number of carbonyl (C=O) groups excluding carboxylic acids is 1. The maximum atomic E-state index is 14.1. The molecule has 304 valence electrons. The van der Waals surface area contributed by atoms with Crippen LogP contribution in [0.5, 0.6) is 5.75 Å². The van der Waals surface area contributed by atoms with Gasteiger partial charge in [0, 0.05) is 6.07 Å². The van der Waals surface area contributed by atoms with Crippen molar-refractivity contribution in [2.45, 2.75) is 64.6 Å². The minimum absolute atomic E-state index is 0.00743. The first-order chi connectivity index (χ1) is 23.3. The molecule has 1 aromatic carbocycles. The number of halogens is 22. The Hall–Kier alpha value is -4.16. The number of nitro benzene ring substituents is 2.